The predicted octanol–water partition coefficient (Wildman–Crippen LogP) is 2.69. The van der Waals surface area contributed by atoms with Crippen LogP contribution in [-0.2, 0) is 19.1 Å². The molecule has 0 saturated heterocycles. The van der Waals surface area contributed by atoms with Crippen molar-refractivity contribution in [1.29, 1.82) is 0 Å². The van der Waals surface area contributed by atoms with E-state index in [4.69, 9.17) is 14.2 Å². The van der Waals surface area contributed by atoms with Crippen LogP contribution in [0, 0.1) is 0 Å². The molecular formula is C21H21NO7. The molecule has 1 amide bonds. The summed E-state index contributed by atoms with van der Waals surface area (Å²) in [6, 6.07) is 11.3. The highest BCUT2D eigenvalue weighted by Gasteiger charge is 2.10. The van der Waals surface area contributed by atoms with Crippen LogP contribution in [0.1, 0.15) is 15.9 Å². The summed E-state index contributed by atoms with van der Waals surface area (Å²) in [5.41, 5.74) is 1.43. The molecule has 1 N–H and O–H groups in total. The molecule has 2 aromatic carbocycles. The van der Waals surface area contributed by atoms with E-state index in [0.717, 1.165) is 0 Å². The third-order valence-electron chi connectivity index (χ3n) is 3.77. The zero-order valence-corrected chi connectivity index (χ0v) is 16.3. The molecule has 0 fully saturated rings. The van der Waals surface area contributed by atoms with Crippen molar-refractivity contribution in [3.05, 3.63) is 59.7 Å². The van der Waals surface area contributed by atoms with Crippen molar-refractivity contribution in [3.63, 3.8) is 0 Å². The van der Waals surface area contributed by atoms with Crippen molar-refractivity contribution in [2.75, 3.05) is 33.3 Å². The predicted molar refractivity (Wildman–Crippen MR) is 106 cm³/mol. The van der Waals surface area contributed by atoms with Gasteiger partial charge in [-0.1, -0.05) is 12.1 Å². The van der Waals surface area contributed by atoms with Crippen LogP contribution >= 0.6 is 0 Å². The van der Waals surface area contributed by atoms with E-state index in [1.165, 1.54) is 45.6 Å². The summed E-state index contributed by atoms with van der Waals surface area (Å²) in [6.45, 7) is -0.461. The Morgan fingerprint density at radius 3 is 2.31 bits per heavy atom. The first kappa shape index (κ1) is 21.5. The van der Waals surface area contributed by atoms with Gasteiger partial charge in [0.25, 0.3) is 5.91 Å². The van der Waals surface area contributed by atoms with Gasteiger partial charge in [-0.2, -0.15) is 0 Å². The second-order valence-corrected chi connectivity index (χ2v) is 5.64. The standard InChI is InChI=1S/C21H21NO7/c1-26-17-6-4-5-14(20(17)27-2)9-12-19(24)29-13-18(23)22-16-10-7-15(8-11-16)21(25)28-3/h4-12H,13H2,1-3H3,(H,22,23)/b12-9+. The maximum atomic E-state index is 11.9. The van der Waals surface area contributed by atoms with Crippen molar-refractivity contribution in [2.45, 2.75) is 0 Å². The van der Waals surface area contributed by atoms with E-state index >= 15 is 0 Å². The quantitative estimate of drug-likeness (QED) is 0.538. The maximum absolute atomic E-state index is 11.9. The number of hydrogen-bond acceptors (Lipinski definition) is 7. The SMILES string of the molecule is COC(=O)c1ccc(NC(=O)COC(=O)/C=C/c2cccc(OC)c2OC)cc1. The number of benzene rings is 2. The van der Waals surface area contributed by atoms with Crippen molar-refractivity contribution in [1.82, 2.24) is 0 Å². The highest BCUT2D eigenvalue weighted by Crippen LogP contribution is 2.31. The highest BCUT2D eigenvalue weighted by atomic mass is 16.5. The number of para-hydroxylation sites is 1. The Morgan fingerprint density at radius 1 is 0.966 bits per heavy atom. The Hall–Kier alpha value is -3.81. The van der Waals surface area contributed by atoms with E-state index < -0.39 is 24.5 Å². The lowest BCUT2D eigenvalue weighted by molar-refractivity contribution is -0.142. The van der Waals surface area contributed by atoms with Crippen LogP contribution in [0.5, 0.6) is 11.5 Å². The van der Waals surface area contributed by atoms with Gasteiger partial charge in [0.2, 0.25) is 0 Å². The molecular weight excluding hydrogens is 378 g/mol. The minimum atomic E-state index is -0.689. The second kappa shape index (κ2) is 10.5. The summed E-state index contributed by atoms with van der Waals surface area (Å²) in [7, 11) is 4.29. The van der Waals surface area contributed by atoms with Gasteiger partial charge >= 0.3 is 11.9 Å². The number of carbonyl (C=O) groups is 3. The first-order chi connectivity index (χ1) is 14.0. The Bertz CT molecular complexity index is 904. The molecule has 0 aliphatic rings. The summed E-state index contributed by atoms with van der Waals surface area (Å²) >= 11 is 0. The molecule has 8 heteroatoms. The molecule has 0 spiro atoms. The fraction of sp³-hybridized carbons (Fsp3) is 0.190. The summed E-state index contributed by atoms with van der Waals surface area (Å²) < 4.78 is 20.0. The van der Waals surface area contributed by atoms with Crippen LogP contribution in [-0.4, -0.2) is 45.8 Å². The lowest BCUT2D eigenvalue weighted by Gasteiger charge is -2.09. The van der Waals surface area contributed by atoms with Gasteiger partial charge in [-0.25, -0.2) is 9.59 Å². The van der Waals surface area contributed by atoms with Gasteiger partial charge in [-0.3, -0.25) is 4.79 Å². The molecule has 152 valence electrons. The number of anilines is 1. The largest absolute Gasteiger partial charge is 0.493 e. The van der Waals surface area contributed by atoms with E-state index in [1.807, 2.05) is 0 Å². The molecule has 0 unspecified atom stereocenters. The van der Waals surface area contributed by atoms with E-state index in [2.05, 4.69) is 10.1 Å². The van der Waals surface area contributed by atoms with Crippen LogP contribution in [0.25, 0.3) is 6.08 Å². The van der Waals surface area contributed by atoms with Crippen molar-refractivity contribution >= 4 is 29.6 Å². The molecule has 0 aliphatic heterocycles. The number of methoxy groups -OCH3 is 3. The van der Waals surface area contributed by atoms with Crippen molar-refractivity contribution in [2.24, 2.45) is 0 Å². The van der Waals surface area contributed by atoms with Gasteiger partial charge in [0, 0.05) is 17.3 Å². The van der Waals surface area contributed by atoms with Crippen LogP contribution < -0.4 is 14.8 Å². The fourth-order valence-electron chi connectivity index (χ4n) is 2.39. The van der Waals surface area contributed by atoms with Crippen LogP contribution in [0.3, 0.4) is 0 Å². The first-order valence-electron chi connectivity index (χ1n) is 8.52. The maximum Gasteiger partial charge on any atom is 0.337 e. The number of amides is 1. The lowest BCUT2D eigenvalue weighted by atomic mass is 10.1. The van der Waals surface area contributed by atoms with E-state index in [0.29, 0.717) is 28.3 Å². The van der Waals surface area contributed by atoms with Crippen molar-refractivity contribution < 1.29 is 33.3 Å². The van der Waals surface area contributed by atoms with E-state index in [9.17, 15) is 14.4 Å². The topological polar surface area (TPSA) is 100 Å². The second-order valence-electron chi connectivity index (χ2n) is 5.64. The number of ether oxygens (including phenoxy) is 4. The average molecular weight is 399 g/mol. The molecule has 0 atom stereocenters. The smallest absolute Gasteiger partial charge is 0.337 e. The number of hydrogen-bond donors (Lipinski definition) is 1. The van der Waals surface area contributed by atoms with Crippen LogP contribution in [0.15, 0.2) is 48.5 Å². The Labute approximate surface area is 168 Å². The normalized spacial score (nSPS) is 10.3. The molecule has 0 radical (unpaired) electrons. The van der Waals surface area contributed by atoms with Gasteiger partial charge in [0.15, 0.2) is 18.1 Å². The van der Waals surface area contributed by atoms with Gasteiger partial charge < -0.3 is 24.3 Å². The number of carbonyl (C=O) groups excluding carboxylic acids is 3. The molecule has 29 heavy (non-hydrogen) atoms. The average Bonchev–Trinajstić information content (AvgIpc) is 2.75. The molecule has 0 bridgehead atoms. The molecule has 0 aromatic heterocycles. The molecule has 0 heterocycles. The monoisotopic (exact) mass is 399 g/mol. The fourth-order valence-corrected chi connectivity index (χ4v) is 2.39. The zero-order chi connectivity index (χ0) is 21.2. The summed E-state index contributed by atoms with van der Waals surface area (Å²) in [5, 5.41) is 2.56. The summed E-state index contributed by atoms with van der Waals surface area (Å²) in [6.07, 6.45) is 2.70. The van der Waals surface area contributed by atoms with Gasteiger partial charge in [0.05, 0.1) is 26.9 Å². The molecule has 8 nitrogen and oxygen atoms in total. The van der Waals surface area contributed by atoms with E-state index in [1.54, 1.807) is 30.3 Å². The Morgan fingerprint density at radius 2 is 1.69 bits per heavy atom. The molecule has 0 saturated carbocycles. The van der Waals surface area contributed by atoms with Crippen LogP contribution in [0.2, 0.25) is 0 Å². The number of nitrogens with one attached hydrogen (secondary N) is 1. The molecule has 0 aliphatic carbocycles. The molecule has 2 aromatic rings. The van der Waals surface area contributed by atoms with E-state index in [-0.39, 0.29) is 0 Å². The Balaban J connectivity index is 1.88. The van der Waals surface area contributed by atoms with Gasteiger partial charge in [0.1, 0.15) is 0 Å². The van der Waals surface area contributed by atoms with Gasteiger partial charge in [-0.15, -0.1) is 0 Å². The summed E-state index contributed by atoms with van der Waals surface area (Å²) in [5.74, 6) is -0.674. The summed E-state index contributed by atoms with van der Waals surface area (Å²) in [4.78, 5) is 35.2. The van der Waals surface area contributed by atoms with Gasteiger partial charge in [-0.05, 0) is 36.4 Å². The lowest BCUT2D eigenvalue weighted by Crippen LogP contribution is -2.20. The third-order valence-corrected chi connectivity index (χ3v) is 3.77. The first-order valence-corrected chi connectivity index (χ1v) is 8.52. The number of rotatable bonds is 8. The molecule has 2 rings (SSSR count). The third kappa shape index (κ3) is 6.10. The van der Waals surface area contributed by atoms with Crippen LogP contribution in [0.4, 0.5) is 5.69 Å². The zero-order valence-electron chi connectivity index (χ0n) is 16.3. The highest BCUT2D eigenvalue weighted by molar-refractivity contribution is 5.95. The minimum absolute atomic E-state index is 0.357. The Kier molecular flexibility index (Phi) is 7.78. The minimum Gasteiger partial charge on any atom is -0.493 e. The van der Waals surface area contributed by atoms with Crippen molar-refractivity contribution in [3.8, 4) is 11.5 Å². The number of esters is 2.